The number of rotatable bonds is 7. The molecule has 7 heteroatoms. The van der Waals surface area contributed by atoms with Crippen molar-refractivity contribution in [2.75, 3.05) is 20.0 Å². The van der Waals surface area contributed by atoms with Crippen LogP contribution in [0, 0.1) is 5.92 Å². The first-order valence-corrected chi connectivity index (χ1v) is 13.3. The molecule has 0 bridgehead atoms. The van der Waals surface area contributed by atoms with Crippen LogP contribution in [0.15, 0.2) is 58.5 Å². The third-order valence-electron chi connectivity index (χ3n) is 6.91. The second-order valence-corrected chi connectivity index (χ2v) is 10.1. The third kappa shape index (κ3) is 5.01. The van der Waals surface area contributed by atoms with Crippen molar-refractivity contribution in [1.82, 2.24) is 4.90 Å². The van der Waals surface area contributed by atoms with Gasteiger partial charge in [0, 0.05) is 17.4 Å². The highest BCUT2D eigenvalue weighted by atomic mass is 32.2. The fraction of sp³-hybridized carbons (Fsp3) is 0.393. The second kappa shape index (κ2) is 10.7. The first-order chi connectivity index (χ1) is 17.2. The first-order valence-electron chi connectivity index (χ1n) is 12.3. The van der Waals surface area contributed by atoms with E-state index < -0.39 is 0 Å². The van der Waals surface area contributed by atoms with Crippen molar-refractivity contribution in [1.29, 1.82) is 0 Å². The topological polar surface area (TPSA) is 63.5 Å². The maximum Gasteiger partial charge on any atom is 0.270 e. The minimum Gasteiger partial charge on any atom is -0.493 e. The summed E-state index contributed by atoms with van der Waals surface area (Å²) >= 11 is 1.63. The van der Waals surface area contributed by atoms with E-state index in [1.165, 1.54) is 32.1 Å². The standard InChI is InChI=1S/C28H31N3O3S/c1-33-24-17-21-22(18-25(24)34-2)29-28(35-15-9-14-19-10-5-3-6-11-19)31-23(27(32)30-26(21)31)16-20-12-7-4-8-13-20/h3,5-6,9-11,14,17-18,20,23H,4,7-8,12-13,15-16H2,1-2H3/b14-9+. The van der Waals surface area contributed by atoms with Gasteiger partial charge in [-0.1, -0.05) is 86.3 Å². The maximum absolute atomic E-state index is 13.2. The first kappa shape index (κ1) is 23.7. The van der Waals surface area contributed by atoms with Crippen LogP contribution in [0.1, 0.15) is 49.7 Å². The number of nitrogens with zero attached hydrogens (tertiary/aromatic N) is 3. The number of aliphatic imine (C=N–C) groups is 2. The molecule has 1 fully saturated rings. The van der Waals surface area contributed by atoms with Gasteiger partial charge in [0.25, 0.3) is 5.91 Å². The van der Waals surface area contributed by atoms with Crippen LogP contribution in [0.4, 0.5) is 5.69 Å². The Balaban J connectivity index is 1.45. The molecule has 3 aliphatic rings. The number of amides is 1. The molecule has 0 aromatic heterocycles. The van der Waals surface area contributed by atoms with E-state index in [0.717, 1.165) is 34.2 Å². The second-order valence-electron chi connectivity index (χ2n) is 9.14. The zero-order valence-electron chi connectivity index (χ0n) is 20.3. The van der Waals surface area contributed by atoms with Crippen LogP contribution < -0.4 is 9.47 Å². The third-order valence-corrected chi connectivity index (χ3v) is 7.81. The molecule has 0 spiro atoms. The van der Waals surface area contributed by atoms with E-state index in [9.17, 15) is 4.79 Å². The van der Waals surface area contributed by atoms with E-state index in [2.05, 4.69) is 34.2 Å². The number of thioether (sulfide) groups is 1. The normalized spacial score (nSPS) is 19.9. The summed E-state index contributed by atoms with van der Waals surface area (Å²) in [5, 5.41) is 0.813. The highest BCUT2D eigenvalue weighted by Crippen LogP contribution is 2.42. The highest BCUT2D eigenvalue weighted by molar-refractivity contribution is 8.14. The minimum absolute atomic E-state index is 0.0682. The van der Waals surface area contributed by atoms with Crippen LogP contribution in [0.2, 0.25) is 0 Å². The van der Waals surface area contributed by atoms with Crippen molar-refractivity contribution in [2.24, 2.45) is 15.9 Å². The molecule has 2 heterocycles. The Bertz CT molecular complexity index is 1170. The van der Waals surface area contributed by atoms with Crippen molar-refractivity contribution < 1.29 is 14.3 Å². The van der Waals surface area contributed by atoms with Gasteiger partial charge in [-0.3, -0.25) is 9.69 Å². The Morgan fingerprint density at radius 2 is 1.77 bits per heavy atom. The van der Waals surface area contributed by atoms with Crippen LogP contribution in [0.3, 0.4) is 0 Å². The Labute approximate surface area is 211 Å². The molecule has 1 aliphatic carbocycles. The van der Waals surface area contributed by atoms with Crippen molar-refractivity contribution in [3.05, 3.63) is 59.7 Å². The zero-order chi connectivity index (χ0) is 24.2. The fourth-order valence-electron chi connectivity index (χ4n) is 5.12. The Morgan fingerprint density at radius 1 is 1.03 bits per heavy atom. The molecule has 1 unspecified atom stereocenters. The summed E-state index contributed by atoms with van der Waals surface area (Å²) in [6.45, 7) is 0. The number of ether oxygens (including phenoxy) is 2. The minimum atomic E-state index is -0.293. The quantitative estimate of drug-likeness (QED) is 0.472. The predicted molar refractivity (Wildman–Crippen MR) is 143 cm³/mol. The number of carbonyl (C=O) groups is 1. The summed E-state index contributed by atoms with van der Waals surface area (Å²) < 4.78 is 11.0. The predicted octanol–water partition coefficient (Wildman–Crippen LogP) is 6.08. The van der Waals surface area contributed by atoms with Crippen LogP contribution in [0.25, 0.3) is 6.08 Å². The van der Waals surface area contributed by atoms with E-state index in [0.29, 0.717) is 23.3 Å². The van der Waals surface area contributed by atoms with Gasteiger partial charge in [-0.25, -0.2) is 4.99 Å². The van der Waals surface area contributed by atoms with E-state index in [1.54, 1.807) is 26.0 Å². The zero-order valence-corrected chi connectivity index (χ0v) is 21.1. The highest BCUT2D eigenvalue weighted by Gasteiger charge is 2.43. The van der Waals surface area contributed by atoms with Crippen LogP contribution in [-0.2, 0) is 4.79 Å². The number of methoxy groups -OCH3 is 2. The van der Waals surface area contributed by atoms with E-state index in [1.807, 2.05) is 30.3 Å². The molecular weight excluding hydrogens is 458 g/mol. The molecule has 182 valence electrons. The largest absolute Gasteiger partial charge is 0.493 e. The summed E-state index contributed by atoms with van der Waals surface area (Å²) in [7, 11) is 3.23. The lowest BCUT2D eigenvalue weighted by Gasteiger charge is -2.33. The van der Waals surface area contributed by atoms with Gasteiger partial charge in [-0.05, 0) is 24.0 Å². The van der Waals surface area contributed by atoms with Gasteiger partial charge in [0.15, 0.2) is 16.7 Å². The Hall–Kier alpha value is -3.06. The van der Waals surface area contributed by atoms with Crippen LogP contribution in [-0.4, -0.2) is 47.8 Å². The number of carbonyl (C=O) groups excluding carboxylic acids is 1. The summed E-state index contributed by atoms with van der Waals surface area (Å²) in [6, 6.07) is 13.7. The summed E-state index contributed by atoms with van der Waals surface area (Å²) in [4.78, 5) is 24.8. The molecular formula is C28H31N3O3S. The monoisotopic (exact) mass is 489 g/mol. The van der Waals surface area contributed by atoms with Gasteiger partial charge < -0.3 is 9.47 Å². The number of amidine groups is 2. The lowest BCUT2D eigenvalue weighted by Crippen LogP contribution is -2.44. The average molecular weight is 490 g/mol. The number of hydrogen-bond acceptors (Lipinski definition) is 6. The van der Waals surface area contributed by atoms with Gasteiger partial charge >= 0.3 is 0 Å². The number of fused-ring (bicyclic) bond motifs is 3. The summed E-state index contributed by atoms with van der Waals surface area (Å²) in [6.07, 6.45) is 11.2. The van der Waals surface area contributed by atoms with E-state index >= 15 is 0 Å². The Morgan fingerprint density at radius 3 is 2.51 bits per heavy atom. The molecule has 2 aromatic carbocycles. The Kier molecular flexibility index (Phi) is 7.23. The van der Waals surface area contributed by atoms with Crippen molar-refractivity contribution in [2.45, 2.75) is 44.6 Å². The van der Waals surface area contributed by atoms with Crippen molar-refractivity contribution >= 4 is 40.4 Å². The van der Waals surface area contributed by atoms with Gasteiger partial charge in [-0.2, -0.15) is 4.99 Å². The summed E-state index contributed by atoms with van der Waals surface area (Å²) in [5.74, 6) is 3.13. The molecule has 35 heavy (non-hydrogen) atoms. The average Bonchev–Trinajstić information content (AvgIpc) is 3.23. The number of benzene rings is 2. The molecule has 2 aromatic rings. The molecule has 0 saturated heterocycles. The van der Waals surface area contributed by atoms with E-state index in [4.69, 9.17) is 14.5 Å². The molecule has 1 amide bonds. The van der Waals surface area contributed by atoms with Crippen LogP contribution >= 0.6 is 11.8 Å². The fourth-order valence-corrected chi connectivity index (χ4v) is 5.98. The smallest absolute Gasteiger partial charge is 0.270 e. The van der Waals surface area contributed by atoms with Gasteiger partial charge in [0.05, 0.1) is 19.9 Å². The molecule has 0 N–H and O–H groups in total. The van der Waals surface area contributed by atoms with Gasteiger partial charge in [-0.15, -0.1) is 0 Å². The SMILES string of the molecule is COc1cc2c(cc1OC)C1=NC(=O)C(CC3CCCCC3)N1C(SC/C=C/c1ccccc1)=N2. The molecule has 1 atom stereocenters. The van der Waals surface area contributed by atoms with Crippen molar-refractivity contribution in [3.63, 3.8) is 0 Å². The maximum atomic E-state index is 13.2. The lowest BCUT2D eigenvalue weighted by molar-refractivity contribution is -0.120. The molecule has 2 aliphatic heterocycles. The van der Waals surface area contributed by atoms with Gasteiger partial charge in [0.1, 0.15) is 11.9 Å². The molecule has 1 saturated carbocycles. The molecule has 0 radical (unpaired) electrons. The van der Waals surface area contributed by atoms with Gasteiger partial charge in [0.2, 0.25) is 0 Å². The van der Waals surface area contributed by atoms with Crippen LogP contribution in [0.5, 0.6) is 11.5 Å². The number of hydrogen-bond donors (Lipinski definition) is 0. The van der Waals surface area contributed by atoms with E-state index in [-0.39, 0.29) is 11.9 Å². The summed E-state index contributed by atoms with van der Waals surface area (Å²) in [5.41, 5.74) is 2.72. The molecule has 6 nitrogen and oxygen atoms in total. The molecule has 5 rings (SSSR count). The van der Waals surface area contributed by atoms with Crippen molar-refractivity contribution in [3.8, 4) is 11.5 Å². The lowest BCUT2D eigenvalue weighted by atomic mass is 9.84.